The zero-order valence-corrected chi connectivity index (χ0v) is 25.8. The highest BCUT2D eigenvalue weighted by Gasteiger charge is 2.37. The van der Waals surface area contributed by atoms with Crippen LogP contribution in [0.25, 0.3) is 0 Å². The average Bonchev–Trinajstić information content (AvgIpc) is 2.97. The van der Waals surface area contributed by atoms with Crippen LogP contribution in [0.1, 0.15) is 53.6 Å². The molecule has 0 aromatic heterocycles. The molecule has 2 aromatic rings. The van der Waals surface area contributed by atoms with Crippen molar-refractivity contribution in [3.05, 3.63) is 70.3 Å². The molecule has 1 aliphatic heterocycles. The number of nitrogens with zero attached hydrogens (tertiary/aromatic N) is 1. The van der Waals surface area contributed by atoms with Gasteiger partial charge in [0.05, 0.1) is 31.1 Å². The number of hydrogen-bond acceptors (Lipinski definition) is 8. The maximum absolute atomic E-state index is 12.4. The molecule has 1 saturated carbocycles. The lowest BCUT2D eigenvalue weighted by atomic mass is 9.70. The van der Waals surface area contributed by atoms with E-state index < -0.39 is 27.3 Å². The summed E-state index contributed by atoms with van der Waals surface area (Å²) in [4.78, 5) is 14.7. The first-order chi connectivity index (χ1) is 20.1. The fraction of sp³-hybridized carbons (Fsp3) is 0.516. The lowest BCUT2D eigenvalue weighted by Crippen LogP contribution is -2.43. The zero-order valence-electron chi connectivity index (χ0n) is 24.2. The zero-order chi connectivity index (χ0) is 30.3. The second-order valence-electron chi connectivity index (χ2n) is 11.1. The van der Waals surface area contributed by atoms with Crippen LogP contribution in [-0.4, -0.2) is 64.8 Å². The number of rotatable bonds is 10. The van der Waals surface area contributed by atoms with Crippen molar-refractivity contribution in [1.29, 1.82) is 0 Å². The molecule has 230 valence electrons. The smallest absolute Gasteiger partial charge is 0.337 e. The molecule has 1 fully saturated rings. The number of benzene rings is 2. The van der Waals surface area contributed by atoms with Crippen molar-refractivity contribution >= 4 is 33.3 Å². The first kappa shape index (κ1) is 32.3. The summed E-state index contributed by atoms with van der Waals surface area (Å²) in [5, 5.41) is 16.1. The molecule has 0 bridgehead atoms. The Balaban J connectivity index is 1.53. The van der Waals surface area contributed by atoms with E-state index in [1.54, 1.807) is 18.2 Å². The predicted octanol–water partition coefficient (Wildman–Crippen LogP) is 4.49. The van der Waals surface area contributed by atoms with E-state index in [2.05, 4.69) is 4.90 Å². The van der Waals surface area contributed by atoms with Crippen LogP contribution >= 0.6 is 11.6 Å². The quantitative estimate of drug-likeness (QED) is 0.294. The summed E-state index contributed by atoms with van der Waals surface area (Å²) in [6.45, 7) is 1.80. The number of esters is 1. The molecule has 11 heteroatoms. The topological polar surface area (TPSA) is 128 Å². The lowest BCUT2D eigenvalue weighted by Gasteiger charge is -2.42. The van der Waals surface area contributed by atoms with Gasteiger partial charge in [0.1, 0.15) is 17.6 Å². The molecule has 0 unspecified atom stereocenters. The van der Waals surface area contributed by atoms with E-state index >= 15 is 0 Å². The van der Waals surface area contributed by atoms with Crippen LogP contribution in [0.3, 0.4) is 0 Å². The number of halogens is 1. The highest BCUT2D eigenvalue weighted by Crippen LogP contribution is 2.41. The molecule has 0 saturated heterocycles. The Kier molecular flexibility index (Phi) is 11.3. The number of methoxy groups -OCH3 is 2. The number of hydrogen-bond donors (Lipinski definition) is 2. The Bertz CT molecular complexity index is 1370. The van der Waals surface area contributed by atoms with Gasteiger partial charge in [-0.15, -0.1) is 0 Å². The molecule has 1 heterocycles. The van der Waals surface area contributed by atoms with E-state index in [-0.39, 0.29) is 24.9 Å². The van der Waals surface area contributed by atoms with Gasteiger partial charge in [-0.05, 0) is 91.8 Å². The lowest BCUT2D eigenvalue weighted by molar-refractivity contribution is 0.0461. The average molecular weight is 621 g/mol. The molecule has 42 heavy (non-hydrogen) atoms. The molecule has 4 rings (SSSR count). The molecule has 0 radical (unpaired) electrons. The SMILES string of the molecule is COC[C@@H](C/C=C/[C@H](O)[C@@H]1CC[C@H]1CN1CCCCc2cc(Cl)ccc2COc2ccc(C(=O)OC)cc21)S(N)(=O)=O. The summed E-state index contributed by atoms with van der Waals surface area (Å²) in [7, 11) is -0.964. The van der Waals surface area contributed by atoms with E-state index in [4.69, 9.17) is 31.0 Å². The van der Waals surface area contributed by atoms with Crippen LogP contribution in [0.5, 0.6) is 5.75 Å². The van der Waals surface area contributed by atoms with Crippen LogP contribution in [0.4, 0.5) is 5.69 Å². The fourth-order valence-electron chi connectivity index (χ4n) is 5.73. The molecule has 2 aromatic carbocycles. The first-order valence-electron chi connectivity index (χ1n) is 14.3. The minimum Gasteiger partial charge on any atom is -0.487 e. The molecule has 1 aliphatic carbocycles. The van der Waals surface area contributed by atoms with Crippen molar-refractivity contribution in [1.82, 2.24) is 0 Å². The largest absolute Gasteiger partial charge is 0.487 e. The Labute approximate surface area is 253 Å². The first-order valence-corrected chi connectivity index (χ1v) is 16.3. The number of allylic oxidation sites excluding steroid dienone is 1. The maximum Gasteiger partial charge on any atom is 0.337 e. The number of fused-ring (bicyclic) bond motifs is 2. The molecule has 3 N–H and O–H groups in total. The van der Waals surface area contributed by atoms with Gasteiger partial charge in [0.15, 0.2) is 0 Å². The van der Waals surface area contributed by atoms with E-state index in [1.807, 2.05) is 30.3 Å². The van der Waals surface area contributed by atoms with Gasteiger partial charge in [0.25, 0.3) is 0 Å². The highest BCUT2D eigenvalue weighted by atomic mass is 35.5. The van der Waals surface area contributed by atoms with Crippen LogP contribution in [0.2, 0.25) is 5.02 Å². The second-order valence-corrected chi connectivity index (χ2v) is 13.4. The van der Waals surface area contributed by atoms with Crippen LogP contribution in [0, 0.1) is 11.8 Å². The summed E-state index contributed by atoms with van der Waals surface area (Å²) < 4.78 is 39.9. The molecular weight excluding hydrogens is 580 g/mol. The van der Waals surface area contributed by atoms with Crippen molar-refractivity contribution in [2.45, 2.75) is 56.5 Å². The molecule has 4 atom stereocenters. The van der Waals surface area contributed by atoms with Crippen LogP contribution in [0.15, 0.2) is 48.6 Å². The number of carbonyl (C=O) groups is 1. The summed E-state index contributed by atoms with van der Waals surface area (Å²) >= 11 is 6.29. The van der Waals surface area contributed by atoms with Crippen LogP contribution < -0.4 is 14.8 Å². The normalized spacial score (nSPS) is 20.8. The number of aliphatic hydroxyl groups is 1. The van der Waals surface area contributed by atoms with Gasteiger partial charge in [0, 0.05) is 25.2 Å². The van der Waals surface area contributed by atoms with E-state index in [0.29, 0.717) is 29.5 Å². The summed E-state index contributed by atoms with van der Waals surface area (Å²) in [6, 6.07) is 11.2. The number of carbonyl (C=O) groups excluding carboxylic acids is 1. The number of aryl methyl sites for hydroxylation is 1. The minimum atomic E-state index is -3.76. The van der Waals surface area contributed by atoms with Crippen molar-refractivity contribution in [2.75, 3.05) is 38.8 Å². The third-order valence-corrected chi connectivity index (χ3v) is 9.81. The third kappa shape index (κ3) is 8.26. The molecule has 2 aliphatic rings. The Morgan fingerprint density at radius 1 is 1.19 bits per heavy atom. The number of nitrogens with two attached hydrogens (primary N) is 1. The second kappa shape index (κ2) is 14.7. The van der Waals surface area contributed by atoms with Gasteiger partial charge in [0.2, 0.25) is 10.0 Å². The van der Waals surface area contributed by atoms with Gasteiger partial charge < -0.3 is 24.2 Å². The summed E-state index contributed by atoms with van der Waals surface area (Å²) in [6.07, 6.45) is 7.38. The maximum atomic E-state index is 12.4. The number of primary sulfonamides is 1. The van der Waals surface area contributed by atoms with E-state index in [0.717, 1.165) is 49.9 Å². The van der Waals surface area contributed by atoms with Crippen LogP contribution in [-0.2, 0) is 32.5 Å². The van der Waals surface area contributed by atoms with Crippen molar-refractivity contribution < 1.29 is 32.5 Å². The monoisotopic (exact) mass is 620 g/mol. The molecular formula is C31H41ClN2O7S. The number of ether oxygens (including phenoxy) is 3. The van der Waals surface area contributed by atoms with Gasteiger partial charge in [-0.25, -0.2) is 18.4 Å². The van der Waals surface area contributed by atoms with Crippen molar-refractivity contribution in [3.63, 3.8) is 0 Å². The third-order valence-electron chi connectivity index (χ3n) is 8.32. The Morgan fingerprint density at radius 3 is 2.69 bits per heavy atom. The number of aliphatic hydroxyl groups excluding tert-OH is 1. The summed E-state index contributed by atoms with van der Waals surface area (Å²) in [5.74, 6) is 0.483. The molecule has 9 nitrogen and oxygen atoms in total. The van der Waals surface area contributed by atoms with Crippen molar-refractivity contribution in [3.8, 4) is 5.75 Å². The van der Waals surface area contributed by atoms with E-state index in [1.165, 1.54) is 19.8 Å². The predicted molar refractivity (Wildman–Crippen MR) is 163 cm³/mol. The summed E-state index contributed by atoms with van der Waals surface area (Å²) in [5.41, 5.74) is 3.52. The Morgan fingerprint density at radius 2 is 2.00 bits per heavy atom. The minimum absolute atomic E-state index is 0.00650. The molecule has 0 spiro atoms. The van der Waals surface area contributed by atoms with Crippen molar-refractivity contribution in [2.24, 2.45) is 17.0 Å². The Hall–Kier alpha value is -2.63. The standard InChI is InChI=1S/C31H41ClN2O7S/c1-39-20-26(42(33,37)38)7-5-8-29(35)27-13-10-23(27)18-34-15-4-3-6-21-16-25(32)12-9-24(21)19-41-30-14-11-22(17-28(30)34)31(36)40-2/h5,8-9,11-12,14,16-17,23,26-27,29,35H,3-4,6-7,10,13,15,18-20H2,1-2H3,(H2,33,37,38)/b8-5+/t23-,26+,27+,29-/m0/s1. The van der Waals surface area contributed by atoms with E-state index in [9.17, 15) is 18.3 Å². The van der Waals surface area contributed by atoms with Gasteiger partial charge in [-0.2, -0.15) is 0 Å². The van der Waals surface area contributed by atoms with Gasteiger partial charge >= 0.3 is 5.97 Å². The number of sulfonamides is 1. The van der Waals surface area contributed by atoms with Gasteiger partial charge in [-0.3, -0.25) is 0 Å². The molecule has 0 amide bonds. The number of anilines is 1. The van der Waals surface area contributed by atoms with Gasteiger partial charge in [-0.1, -0.05) is 29.8 Å². The fourth-order valence-corrected chi connectivity index (χ4v) is 6.63. The highest BCUT2D eigenvalue weighted by molar-refractivity contribution is 7.89.